The van der Waals surface area contributed by atoms with Crippen molar-refractivity contribution >= 4 is 34.3 Å². The van der Waals surface area contributed by atoms with Crippen molar-refractivity contribution in [1.82, 2.24) is 20.0 Å². The molecule has 2 aromatic carbocycles. The number of H-pyrrole nitrogens is 1. The summed E-state index contributed by atoms with van der Waals surface area (Å²) in [6, 6.07) is 14.3. The fourth-order valence-corrected chi connectivity index (χ4v) is 2.87. The van der Waals surface area contributed by atoms with Crippen LogP contribution in [0, 0.1) is 0 Å². The fourth-order valence-electron chi connectivity index (χ4n) is 2.68. The largest absolute Gasteiger partial charge is 0.453 e. The van der Waals surface area contributed by atoms with Gasteiger partial charge in [0.25, 0.3) is 5.78 Å². The maximum absolute atomic E-state index is 12.4. The summed E-state index contributed by atoms with van der Waals surface area (Å²) in [5.41, 5.74) is 2.19. The Balaban J connectivity index is 1.44. The smallest absolute Gasteiger partial charge is 0.380 e. The Hall–Kier alpha value is -3.45. The number of hydrogen-bond donors (Lipinski definition) is 1. The second-order valence-electron chi connectivity index (χ2n) is 5.79. The van der Waals surface area contributed by atoms with Crippen LogP contribution in [0.15, 0.2) is 60.9 Å². The molecule has 0 aliphatic heterocycles. The molecule has 4 rings (SSSR count). The Kier molecular flexibility index (Phi) is 4.43. The fraction of sp³-hybridized carbons (Fsp3) is 0.0526. The maximum Gasteiger partial charge on any atom is 0.380 e. The lowest BCUT2D eigenvalue weighted by Gasteiger charge is -2.01. The number of fused-ring (bicyclic) bond motifs is 1. The first-order chi connectivity index (χ1) is 13.1. The van der Waals surface area contributed by atoms with Gasteiger partial charge in [-0.1, -0.05) is 41.1 Å². The Morgan fingerprint density at radius 2 is 2.00 bits per heavy atom. The molecule has 0 unspecified atom stereocenters. The molecule has 0 spiro atoms. The van der Waals surface area contributed by atoms with Crippen molar-refractivity contribution in [3.05, 3.63) is 77.2 Å². The number of ketones is 1. The van der Waals surface area contributed by atoms with Crippen molar-refractivity contribution in [3.63, 3.8) is 0 Å². The van der Waals surface area contributed by atoms with E-state index in [0.29, 0.717) is 16.1 Å². The second-order valence-corrected chi connectivity index (χ2v) is 6.22. The SMILES string of the molecule is O=C(OCc1cn(-c2cccc(Cl)c2)nn1)C(=O)c1c[nH]c2ccccc12. The van der Waals surface area contributed by atoms with E-state index in [2.05, 4.69) is 15.3 Å². The first-order valence-corrected chi connectivity index (χ1v) is 8.44. The van der Waals surface area contributed by atoms with Gasteiger partial charge in [0.15, 0.2) is 0 Å². The highest BCUT2D eigenvalue weighted by Crippen LogP contribution is 2.19. The third kappa shape index (κ3) is 3.45. The van der Waals surface area contributed by atoms with Gasteiger partial charge in [-0.05, 0) is 24.3 Å². The second kappa shape index (κ2) is 7.05. The molecule has 2 heterocycles. The number of Topliss-reactive ketones (excluding diaryl/α,β-unsaturated/α-hetero) is 1. The molecule has 8 heteroatoms. The van der Waals surface area contributed by atoms with Gasteiger partial charge in [-0.25, -0.2) is 9.48 Å². The van der Waals surface area contributed by atoms with Crippen molar-refractivity contribution in [2.75, 3.05) is 0 Å². The number of aromatic amines is 1. The van der Waals surface area contributed by atoms with E-state index < -0.39 is 11.8 Å². The summed E-state index contributed by atoms with van der Waals surface area (Å²) in [6.07, 6.45) is 3.11. The lowest BCUT2D eigenvalue weighted by molar-refractivity contribution is -0.139. The van der Waals surface area contributed by atoms with Crippen molar-refractivity contribution in [2.45, 2.75) is 6.61 Å². The van der Waals surface area contributed by atoms with Gasteiger partial charge in [-0.3, -0.25) is 4.79 Å². The Morgan fingerprint density at radius 1 is 1.15 bits per heavy atom. The normalized spacial score (nSPS) is 10.9. The van der Waals surface area contributed by atoms with Crippen molar-refractivity contribution in [2.24, 2.45) is 0 Å². The number of carbonyl (C=O) groups is 2. The molecule has 0 bridgehead atoms. The van der Waals surface area contributed by atoms with E-state index in [1.54, 1.807) is 36.5 Å². The topological polar surface area (TPSA) is 89.9 Å². The van der Waals surface area contributed by atoms with E-state index in [0.717, 1.165) is 11.2 Å². The average molecular weight is 381 g/mol. The van der Waals surface area contributed by atoms with E-state index in [-0.39, 0.29) is 12.2 Å². The molecular weight excluding hydrogens is 368 g/mol. The Labute approximate surface area is 158 Å². The van der Waals surface area contributed by atoms with Gasteiger partial charge in [0.05, 0.1) is 17.4 Å². The number of halogens is 1. The Bertz CT molecular complexity index is 1150. The summed E-state index contributed by atoms with van der Waals surface area (Å²) >= 11 is 5.96. The lowest BCUT2D eigenvalue weighted by Crippen LogP contribution is -2.17. The van der Waals surface area contributed by atoms with Crippen LogP contribution in [-0.4, -0.2) is 31.7 Å². The zero-order valence-corrected chi connectivity index (χ0v) is 14.7. The van der Waals surface area contributed by atoms with Crippen LogP contribution in [0.4, 0.5) is 0 Å². The molecule has 0 radical (unpaired) electrons. The molecule has 4 aromatic rings. The molecule has 0 saturated heterocycles. The van der Waals surface area contributed by atoms with Crippen molar-refractivity contribution in [1.29, 1.82) is 0 Å². The number of ether oxygens (including phenoxy) is 1. The number of esters is 1. The molecule has 27 heavy (non-hydrogen) atoms. The first kappa shape index (κ1) is 17.0. The first-order valence-electron chi connectivity index (χ1n) is 8.06. The molecule has 134 valence electrons. The molecule has 2 aromatic heterocycles. The van der Waals surface area contributed by atoms with E-state index in [4.69, 9.17) is 16.3 Å². The van der Waals surface area contributed by atoms with Gasteiger partial charge in [-0.15, -0.1) is 5.10 Å². The summed E-state index contributed by atoms with van der Waals surface area (Å²) in [7, 11) is 0. The minimum absolute atomic E-state index is 0.159. The lowest BCUT2D eigenvalue weighted by atomic mass is 10.1. The number of nitrogens with one attached hydrogen (secondary N) is 1. The maximum atomic E-state index is 12.4. The average Bonchev–Trinajstić information content (AvgIpc) is 3.32. The molecule has 7 nitrogen and oxygen atoms in total. The third-order valence-corrected chi connectivity index (χ3v) is 4.22. The summed E-state index contributed by atoms with van der Waals surface area (Å²) in [5, 5.41) is 9.15. The van der Waals surface area contributed by atoms with Crippen molar-refractivity contribution in [3.8, 4) is 5.69 Å². The highest BCUT2D eigenvalue weighted by atomic mass is 35.5. The standard InChI is InChI=1S/C19H13ClN4O3/c20-12-4-3-5-14(8-12)24-10-13(22-23-24)11-27-19(26)18(25)16-9-21-17-7-2-1-6-15(16)17/h1-10,21H,11H2. The summed E-state index contributed by atoms with van der Waals surface area (Å²) in [5.74, 6) is -1.66. The summed E-state index contributed by atoms with van der Waals surface area (Å²) < 4.78 is 6.60. The number of carbonyl (C=O) groups excluding carboxylic acids is 2. The molecule has 0 saturated carbocycles. The molecule has 0 atom stereocenters. The minimum Gasteiger partial charge on any atom is -0.453 e. The highest BCUT2D eigenvalue weighted by molar-refractivity contribution is 6.42. The van der Waals surface area contributed by atoms with E-state index in [9.17, 15) is 9.59 Å². The summed E-state index contributed by atoms with van der Waals surface area (Å²) in [6.45, 7) is -0.159. The number of rotatable bonds is 5. The number of aromatic nitrogens is 4. The monoisotopic (exact) mass is 380 g/mol. The van der Waals surface area contributed by atoms with Crippen molar-refractivity contribution < 1.29 is 14.3 Å². The predicted octanol–water partition coefficient (Wildman–Crippen LogP) is 3.33. The van der Waals surface area contributed by atoms with Gasteiger partial charge < -0.3 is 9.72 Å². The van der Waals surface area contributed by atoms with Crippen LogP contribution in [0.25, 0.3) is 16.6 Å². The van der Waals surface area contributed by atoms with Crippen LogP contribution < -0.4 is 0 Å². The van der Waals surface area contributed by atoms with E-state index >= 15 is 0 Å². The van der Waals surface area contributed by atoms with Crippen LogP contribution in [0.5, 0.6) is 0 Å². The molecule has 1 N–H and O–H groups in total. The quantitative estimate of drug-likeness (QED) is 0.326. The van der Waals surface area contributed by atoms with Gasteiger partial charge in [0.1, 0.15) is 12.3 Å². The number of para-hydroxylation sites is 1. The van der Waals surface area contributed by atoms with Crippen LogP contribution in [0.3, 0.4) is 0 Å². The zero-order chi connectivity index (χ0) is 18.8. The molecule has 0 amide bonds. The summed E-state index contributed by atoms with van der Waals surface area (Å²) in [4.78, 5) is 27.4. The van der Waals surface area contributed by atoms with Gasteiger partial charge >= 0.3 is 5.97 Å². The Morgan fingerprint density at radius 3 is 2.85 bits per heavy atom. The minimum atomic E-state index is -0.947. The third-order valence-electron chi connectivity index (χ3n) is 3.98. The van der Waals surface area contributed by atoms with Gasteiger partial charge in [0.2, 0.25) is 0 Å². The zero-order valence-electron chi connectivity index (χ0n) is 13.9. The number of nitrogens with zero attached hydrogens (tertiary/aromatic N) is 3. The van der Waals surface area contributed by atoms with Crippen LogP contribution in [-0.2, 0) is 16.1 Å². The molecule has 0 aliphatic carbocycles. The molecular formula is C19H13ClN4O3. The highest BCUT2D eigenvalue weighted by Gasteiger charge is 2.21. The molecule has 0 fully saturated rings. The number of benzene rings is 2. The van der Waals surface area contributed by atoms with Crippen LogP contribution in [0.2, 0.25) is 5.02 Å². The van der Waals surface area contributed by atoms with Gasteiger partial charge in [-0.2, -0.15) is 0 Å². The van der Waals surface area contributed by atoms with Crippen LogP contribution >= 0.6 is 11.6 Å². The number of hydrogen-bond acceptors (Lipinski definition) is 5. The molecule has 0 aliphatic rings. The van der Waals surface area contributed by atoms with Crippen LogP contribution in [0.1, 0.15) is 16.1 Å². The van der Waals surface area contributed by atoms with E-state index in [1.807, 2.05) is 18.2 Å². The van der Waals surface area contributed by atoms with E-state index in [1.165, 1.54) is 10.9 Å². The van der Waals surface area contributed by atoms with Gasteiger partial charge in [0, 0.05) is 22.1 Å². The predicted molar refractivity (Wildman–Crippen MR) is 98.8 cm³/mol.